The van der Waals surface area contributed by atoms with E-state index in [0.717, 1.165) is 0 Å². The summed E-state index contributed by atoms with van der Waals surface area (Å²) in [7, 11) is 0. The van der Waals surface area contributed by atoms with Gasteiger partial charge in [-0.2, -0.15) is 0 Å². The van der Waals surface area contributed by atoms with Crippen molar-refractivity contribution in [3.05, 3.63) is 0 Å². The summed E-state index contributed by atoms with van der Waals surface area (Å²) in [5.41, 5.74) is 0. The summed E-state index contributed by atoms with van der Waals surface area (Å²) in [6.07, 6.45) is 0. The Morgan fingerprint density at radius 2 is 1.60 bits per heavy atom. The molecule has 0 saturated heterocycles. The quantitative estimate of drug-likeness (QED) is 0.514. The van der Waals surface area contributed by atoms with Crippen LogP contribution in [-0.4, -0.2) is 4.89 Å². The second-order valence-electron chi connectivity index (χ2n) is 0.418. The van der Waals surface area contributed by atoms with Crippen LogP contribution in [0.4, 0.5) is 0 Å². The first kappa shape index (κ1) is 6.70. The Balaban J connectivity index is 3.02. The molecule has 0 aliphatic rings. The topological polar surface area (TPSA) is 20.2 Å². The lowest BCUT2D eigenvalue weighted by Crippen LogP contribution is -1.41. The zero-order chi connectivity index (χ0) is 4.50. The monoisotopic (exact) mass is 245 g/mol. The van der Waals surface area contributed by atoms with E-state index in [1.54, 1.807) is 22.0 Å². The summed E-state index contributed by atoms with van der Waals surface area (Å²) >= 11 is 11.5. The van der Waals surface area contributed by atoms with E-state index >= 15 is 0 Å². The molecule has 0 rings (SSSR count). The molecular formula is HCl2IOP+. The van der Waals surface area contributed by atoms with Crippen molar-refractivity contribution in [2.45, 2.75) is 0 Å². The molecule has 0 heterocycles. The van der Waals surface area contributed by atoms with E-state index in [2.05, 4.69) is 0 Å². The van der Waals surface area contributed by atoms with Gasteiger partial charge in [0.1, 0.15) is 0 Å². The molecule has 32 valence electrons. The average molecular weight is 246 g/mol. The maximum Gasteiger partial charge on any atom is 0.394 e. The Morgan fingerprint density at radius 3 is 1.60 bits per heavy atom. The third kappa shape index (κ3) is 27.0. The van der Waals surface area contributed by atoms with Gasteiger partial charge in [0.25, 0.3) is 0 Å². The van der Waals surface area contributed by atoms with Crippen molar-refractivity contribution in [1.82, 2.24) is 0 Å². The summed E-state index contributed by atoms with van der Waals surface area (Å²) in [4.78, 5) is 8.15. The first-order valence-corrected chi connectivity index (χ1v) is 7.04. The number of halogens is 3. The fourth-order valence-electron chi connectivity index (χ4n) is 0. The van der Waals surface area contributed by atoms with Gasteiger partial charge >= 0.3 is 3.84 Å². The molecule has 0 aromatic heterocycles. The summed E-state index contributed by atoms with van der Waals surface area (Å²) in [5.74, 6) is 0. The van der Waals surface area contributed by atoms with E-state index in [0.29, 0.717) is 0 Å². The minimum Gasteiger partial charge on any atom is -0.207 e. The maximum absolute atomic E-state index is 8.15. The number of hydrogen-bond donors (Lipinski definition) is 1. The Hall–Kier alpha value is 1.70. The second kappa shape index (κ2) is 2.12. The largest absolute Gasteiger partial charge is 0.394 e. The number of rotatable bonds is 0. The Morgan fingerprint density at radius 1 is 1.60 bits per heavy atom. The highest BCUT2D eigenvalue weighted by atomic mass is 127. The first-order valence-electron chi connectivity index (χ1n) is 0.707. The summed E-state index contributed by atoms with van der Waals surface area (Å²) in [6, 6.07) is 0. The van der Waals surface area contributed by atoms with Gasteiger partial charge in [0.15, 0.2) is 22.5 Å². The van der Waals surface area contributed by atoms with Crippen molar-refractivity contribution < 1.29 is 4.89 Å². The van der Waals surface area contributed by atoms with Gasteiger partial charge in [-0.25, -0.2) is 4.89 Å². The molecule has 0 aliphatic heterocycles. The molecule has 0 radical (unpaired) electrons. The molecule has 0 unspecified atom stereocenters. The van der Waals surface area contributed by atoms with Crippen LogP contribution in [0.1, 0.15) is 0 Å². The van der Waals surface area contributed by atoms with Crippen LogP contribution in [0, 0.1) is 0 Å². The van der Waals surface area contributed by atoms with Crippen LogP contribution < -0.4 is 0 Å². The normalized spacial score (nSPS) is 12.0. The van der Waals surface area contributed by atoms with Gasteiger partial charge in [-0.15, -0.1) is 0 Å². The van der Waals surface area contributed by atoms with Crippen LogP contribution in [-0.2, 0) is 0 Å². The summed E-state index contributed by atoms with van der Waals surface area (Å²) in [6.45, 7) is 0. The van der Waals surface area contributed by atoms with E-state index in [1.807, 2.05) is 0 Å². The Bertz CT molecular complexity index is 25.1. The predicted molar refractivity (Wildman–Crippen MR) is 34.9 cm³/mol. The van der Waals surface area contributed by atoms with Crippen LogP contribution in [0.2, 0.25) is 0 Å². The van der Waals surface area contributed by atoms with Gasteiger partial charge < -0.3 is 0 Å². The molecule has 0 aromatic rings. The average Bonchev–Trinajstić information content (AvgIpc) is 0.722. The molecular weight excluding hydrogens is 245 g/mol. The highest BCUT2D eigenvalue weighted by molar-refractivity contribution is 14.2. The molecule has 0 bridgehead atoms. The molecule has 5 heavy (non-hydrogen) atoms. The van der Waals surface area contributed by atoms with Gasteiger partial charge in [-0.3, -0.25) is 0 Å². The molecule has 0 spiro atoms. The van der Waals surface area contributed by atoms with Crippen LogP contribution >= 0.6 is 48.4 Å². The van der Waals surface area contributed by atoms with E-state index < -0.39 is 3.84 Å². The lowest BCUT2D eigenvalue weighted by Gasteiger charge is -1.77. The van der Waals surface area contributed by atoms with E-state index in [4.69, 9.17) is 27.4 Å². The molecule has 0 aromatic carbocycles. The van der Waals surface area contributed by atoms with E-state index in [9.17, 15) is 0 Å². The van der Waals surface area contributed by atoms with E-state index in [1.165, 1.54) is 0 Å². The summed E-state index contributed by atoms with van der Waals surface area (Å²) in [5, 5.41) is 0. The molecule has 0 aliphatic carbocycles. The van der Waals surface area contributed by atoms with E-state index in [-0.39, 0.29) is 0 Å². The minimum atomic E-state index is -2.47. The van der Waals surface area contributed by atoms with Crippen molar-refractivity contribution in [1.29, 1.82) is 0 Å². The van der Waals surface area contributed by atoms with Crippen molar-refractivity contribution in [3.63, 3.8) is 0 Å². The van der Waals surface area contributed by atoms with Crippen LogP contribution in [0.25, 0.3) is 0 Å². The Labute approximate surface area is 53.1 Å². The van der Waals surface area contributed by atoms with Crippen LogP contribution in [0.15, 0.2) is 0 Å². The van der Waals surface area contributed by atoms with Crippen molar-refractivity contribution in [3.8, 4) is 0 Å². The Kier molecular flexibility index (Phi) is 2.85. The maximum atomic E-state index is 8.15. The zero-order valence-corrected chi connectivity index (χ0v) is 6.59. The molecule has 0 fully saturated rings. The molecule has 5 heteroatoms. The molecule has 1 nitrogen and oxygen atoms in total. The van der Waals surface area contributed by atoms with Gasteiger partial charge in [0.2, 0.25) is 22.0 Å². The van der Waals surface area contributed by atoms with Crippen LogP contribution in [0.5, 0.6) is 0 Å². The van der Waals surface area contributed by atoms with Gasteiger partial charge in [0.05, 0.1) is 0 Å². The fraction of sp³-hybridized carbons (Fsp3) is 0. The molecule has 0 atom stereocenters. The standard InChI is InChI=1S/Cl2HIOP/c1-5(2,3)4/h4H/q+1. The molecule has 1 N–H and O–H groups in total. The zero-order valence-electron chi connectivity index (χ0n) is 2.03. The second-order valence-corrected chi connectivity index (χ2v) is 12.3. The lowest BCUT2D eigenvalue weighted by molar-refractivity contribution is 0.652. The first-order chi connectivity index (χ1) is 2.00. The van der Waals surface area contributed by atoms with Crippen molar-refractivity contribution >= 4 is 48.4 Å². The fourth-order valence-corrected chi connectivity index (χ4v) is 0. The SMILES string of the molecule is O[P+](Cl)(Cl)I. The molecule has 0 amide bonds. The highest BCUT2D eigenvalue weighted by Crippen LogP contribution is 2.72. The molecule has 0 saturated carbocycles. The van der Waals surface area contributed by atoms with Crippen LogP contribution in [0.3, 0.4) is 0 Å². The predicted octanol–water partition coefficient (Wildman–Crippen LogP) is 2.57. The third-order valence-electron chi connectivity index (χ3n) is 0. The van der Waals surface area contributed by atoms with Gasteiger partial charge in [-0.05, 0) is 0 Å². The highest BCUT2D eigenvalue weighted by Gasteiger charge is 2.25. The van der Waals surface area contributed by atoms with Gasteiger partial charge in [-0.1, -0.05) is 0 Å². The minimum absolute atomic E-state index is 1.58. The van der Waals surface area contributed by atoms with Crippen molar-refractivity contribution in [2.24, 2.45) is 0 Å². The van der Waals surface area contributed by atoms with Crippen molar-refractivity contribution in [2.75, 3.05) is 0 Å². The summed E-state index contributed by atoms with van der Waals surface area (Å²) < 4.78 is -2.47. The third-order valence-corrected chi connectivity index (χ3v) is 0. The van der Waals surface area contributed by atoms with Gasteiger partial charge in [0, 0.05) is 0 Å². The lowest BCUT2D eigenvalue weighted by atomic mass is 15.9. The smallest absolute Gasteiger partial charge is 0.207 e. The number of hydrogen-bond acceptors (Lipinski definition) is 1.